The van der Waals surface area contributed by atoms with Gasteiger partial charge in [-0.3, -0.25) is 4.79 Å². The van der Waals surface area contributed by atoms with E-state index in [-0.39, 0.29) is 0 Å². The van der Waals surface area contributed by atoms with Gasteiger partial charge in [0, 0.05) is 11.6 Å². The standard InChI is InChI=1S/C12H15BrO3/c1-3-4-5-16-11-7-10(15-2)6-9(8-14)12(11)13/h6-8H,3-5H2,1-2H3. The van der Waals surface area contributed by atoms with E-state index in [0.717, 1.165) is 19.1 Å². The minimum absolute atomic E-state index is 0.533. The molecule has 0 heterocycles. The number of hydrogen-bond acceptors (Lipinski definition) is 3. The molecule has 0 aliphatic heterocycles. The fraction of sp³-hybridized carbons (Fsp3) is 0.417. The summed E-state index contributed by atoms with van der Waals surface area (Å²) in [5.74, 6) is 1.27. The van der Waals surface area contributed by atoms with Gasteiger partial charge in [0.05, 0.1) is 18.2 Å². The largest absolute Gasteiger partial charge is 0.497 e. The van der Waals surface area contributed by atoms with Gasteiger partial charge in [-0.2, -0.15) is 0 Å². The van der Waals surface area contributed by atoms with E-state index in [9.17, 15) is 4.79 Å². The van der Waals surface area contributed by atoms with E-state index in [4.69, 9.17) is 9.47 Å². The molecule has 1 aromatic rings. The summed E-state index contributed by atoms with van der Waals surface area (Å²) >= 11 is 3.35. The maximum atomic E-state index is 10.8. The van der Waals surface area contributed by atoms with Crippen molar-refractivity contribution < 1.29 is 14.3 Å². The predicted molar refractivity (Wildman–Crippen MR) is 66.5 cm³/mol. The van der Waals surface area contributed by atoms with Crippen molar-refractivity contribution in [3.8, 4) is 11.5 Å². The Balaban J connectivity index is 2.92. The third-order valence-corrected chi connectivity index (χ3v) is 3.01. The minimum atomic E-state index is 0.533. The molecule has 16 heavy (non-hydrogen) atoms. The van der Waals surface area contributed by atoms with Crippen molar-refractivity contribution in [3.05, 3.63) is 22.2 Å². The second kappa shape index (κ2) is 6.53. The molecule has 0 N–H and O–H groups in total. The molecule has 0 saturated heterocycles. The van der Waals surface area contributed by atoms with E-state index in [0.29, 0.717) is 28.1 Å². The highest BCUT2D eigenvalue weighted by atomic mass is 79.9. The molecule has 0 amide bonds. The van der Waals surface area contributed by atoms with Gasteiger partial charge in [-0.05, 0) is 28.4 Å². The first kappa shape index (κ1) is 13.0. The smallest absolute Gasteiger partial charge is 0.151 e. The highest BCUT2D eigenvalue weighted by Crippen LogP contribution is 2.32. The predicted octanol–water partition coefficient (Wildman–Crippen LogP) is 3.45. The molecule has 0 aromatic heterocycles. The van der Waals surface area contributed by atoms with E-state index in [1.165, 1.54) is 0 Å². The lowest BCUT2D eigenvalue weighted by Crippen LogP contribution is -1.99. The zero-order valence-corrected chi connectivity index (χ0v) is 11.0. The second-order valence-corrected chi connectivity index (χ2v) is 4.14. The van der Waals surface area contributed by atoms with Crippen LogP contribution in [0.4, 0.5) is 0 Å². The van der Waals surface area contributed by atoms with E-state index in [1.807, 2.05) is 0 Å². The van der Waals surface area contributed by atoms with Crippen LogP contribution >= 0.6 is 15.9 Å². The van der Waals surface area contributed by atoms with Crippen LogP contribution in [0.1, 0.15) is 30.1 Å². The quantitative estimate of drug-likeness (QED) is 0.594. The number of ether oxygens (including phenoxy) is 2. The number of carbonyl (C=O) groups excluding carboxylic acids is 1. The van der Waals surface area contributed by atoms with Gasteiger partial charge in [0.2, 0.25) is 0 Å². The fourth-order valence-corrected chi connectivity index (χ4v) is 1.67. The third-order valence-electron chi connectivity index (χ3n) is 2.16. The monoisotopic (exact) mass is 286 g/mol. The number of unbranched alkanes of at least 4 members (excludes halogenated alkanes) is 1. The first-order valence-electron chi connectivity index (χ1n) is 5.18. The van der Waals surface area contributed by atoms with Crippen molar-refractivity contribution >= 4 is 22.2 Å². The molecule has 0 fully saturated rings. The highest BCUT2D eigenvalue weighted by Gasteiger charge is 2.09. The lowest BCUT2D eigenvalue weighted by Gasteiger charge is -2.11. The molecule has 3 nitrogen and oxygen atoms in total. The zero-order valence-electron chi connectivity index (χ0n) is 9.46. The van der Waals surface area contributed by atoms with Crippen LogP contribution in [0.5, 0.6) is 11.5 Å². The van der Waals surface area contributed by atoms with Crippen LogP contribution in [-0.2, 0) is 0 Å². The maximum absolute atomic E-state index is 10.8. The molecular formula is C12H15BrO3. The number of aldehydes is 1. The summed E-state index contributed by atoms with van der Waals surface area (Å²) in [6.45, 7) is 2.74. The van der Waals surface area contributed by atoms with Crippen LogP contribution in [0.3, 0.4) is 0 Å². The summed E-state index contributed by atoms with van der Waals surface area (Å²) in [6, 6.07) is 3.44. The van der Waals surface area contributed by atoms with Gasteiger partial charge in [0.1, 0.15) is 11.5 Å². The Morgan fingerprint density at radius 2 is 2.19 bits per heavy atom. The van der Waals surface area contributed by atoms with Crippen LogP contribution in [0.2, 0.25) is 0 Å². The molecule has 88 valence electrons. The molecule has 0 unspecified atom stereocenters. The average molecular weight is 287 g/mol. The summed E-state index contributed by atoms with van der Waals surface area (Å²) in [5, 5.41) is 0. The zero-order chi connectivity index (χ0) is 12.0. The molecule has 0 aliphatic carbocycles. The van der Waals surface area contributed by atoms with Gasteiger partial charge >= 0.3 is 0 Å². The maximum Gasteiger partial charge on any atom is 0.151 e. The van der Waals surface area contributed by atoms with Crippen molar-refractivity contribution in [1.29, 1.82) is 0 Å². The topological polar surface area (TPSA) is 35.5 Å². The van der Waals surface area contributed by atoms with Crippen molar-refractivity contribution in [2.75, 3.05) is 13.7 Å². The van der Waals surface area contributed by atoms with Gasteiger partial charge in [0.25, 0.3) is 0 Å². The van der Waals surface area contributed by atoms with Crippen molar-refractivity contribution in [3.63, 3.8) is 0 Å². The van der Waals surface area contributed by atoms with Gasteiger partial charge in [-0.15, -0.1) is 0 Å². The van der Waals surface area contributed by atoms with Crippen LogP contribution in [0.25, 0.3) is 0 Å². The Morgan fingerprint density at radius 1 is 1.44 bits per heavy atom. The number of hydrogen-bond donors (Lipinski definition) is 0. The molecule has 0 saturated carbocycles. The summed E-state index contributed by atoms with van der Waals surface area (Å²) in [4.78, 5) is 10.8. The van der Waals surface area contributed by atoms with Crippen LogP contribution in [0.15, 0.2) is 16.6 Å². The molecule has 4 heteroatoms. The van der Waals surface area contributed by atoms with E-state index in [2.05, 4.69) is 22.9 Å². The molecule has 0 bridgehead atoms. The first-order chi connectivity index (χ1) is 7.72. The molecule has 1 rings (SSSR count). The minimum Gasteiger partial charge on any atom is -0.497 e. The van der Waals surface area contributed by atoms with Crippen molar-refractivity contribution in [2.45, 2.75) is 19.8 Å². The lowest BCUT2D eigenvalue weighted by molar-refractivity contribution is 0.112. The SMILES string of the molecule is CCCCOc1cc(OC)cc(C=O)c1Br. The Hall–Kier alpha value is -1.03. The molecule has 0 atom stereocenters. The highest BCUT2D eigenvalue weighted by molar-refractivity contribution is 9.10. The number of methoxy groups -OCH3 is 1. The molecule has 0 radical (unpaired) electrons. The Labute approximate surface area is 104 Å². The van der Waals surface area contributed by atoms with Crippen LogP contribution in [-0.4, -0.2) is 20.0 Å². The Bertz CT molecular complexity index is 364. The fourth-order valence-electron chi connectivity index (χ4n) is 1.23. The molecule has 0 spiro atoms. The van der Waals surface area contributed by atoms with Gasteiger partial charge in [0.15, 0.2) is 6.29 Å². The van der Waals surface area contributed by atoms with Gasteiger partial charge in [-0.25, -0.2) is 0 Å². The first-order valence-corrected chi connectivity index (χ1v) is 5.97. The van der Waals surface area contributed by atoms with Crippen LogP contribution in [0, 0.1) is 0 Å². The molecule has 1 aromatic carbocycles. The molecule has 0 aliphatic rings. The summed E-state index contributed by atoms with van der Waals surface area (Å²) in [6.07, 6.45) is 2.83. The average Bonchev–Trinajstić information content (AvgIpc) is 2.31. The summed E-state index contributed by atoms with van der Waals surface area (Å²) in [7, 11) is 1.56. The van der Waals surface area contributed by atoms with Gasteiger partial charge in [-0.1, -0.05) is 13.3 Å². The number of halogens is 1. The van der Waals surface area contributed by atoms with Crippen molar-refractivity contribution in [2.24, 2.45) is 0 Å². The van der Waals surface area contributed by atoms with Gasteiger partial charge < -0.3 is 9.47 Å². The molecular weight excluding hydrogens is 272 g/mol. The van der Waals surface area contributed by atoms with E-state index in [1.54, 1.807) is 19.2 Å². The number of rotatable bonds is 6. The summed E-state index contributed by atoms with van der Waals surface area (Å²) < 4.78 is 11.4. The second-order valence-electron chi connectivity index (χ2n) is 3.35. The Kier molecular flexibility index (Phi) is 5.32. The lowest BCUT2D eigenvalue weighted by atomic mass is 10.2. The van der Waals surface area contributed by atoms with Crippen LogP contribution < -0.4 is 9.47 Å². The number of benzene rings is 1. The number of carbonyl (C=O) groups is 1. The van der Waals surface area contributed by atoms with E-state index >= 15 is 0 Å². The third kappa shape index (κ3) is 3.23. The Morgan fingerprint density at radius 3 is 2.75 bits per heavy atom. The van der Waals surface area contributed by atoms with Crippen molar-refractivity contribution in [1.82, 2.24) is 0 Å². The normalized spacial score (nSPS) is 9.94. The summed E-state index contributed by atoms with van der Waals surface area (Å²) in [5.41, 5.74) is 0.533. The van der Waals surface area contributed by atoms with E-state index < -0.39 is 0 Å².